The predicted molar refractivity (Wildman–Crippen MR) is 67.0 cm³/mol. The Bertz CT molecular complexity index is 485. The minimum Gasteiger partial charge on any atom is -0.368 e. The Kier molecular flexibility index (Phi) is 4.11. The molecule has 1 atom stereocenters. The third kappa shape index (κ3) is 3.20. The maximum atomic E-state index is 11.8. The van der Waals surface area contributed by atoms with Crippen molar-refractivity contribution in [3.05, 3.63) is 30.3 Å². The number of amides is 1. The average molecular weight is 256 g/mol. The van der Waals surface area contributed by atoms with Crippen LogP contribution in [0, 0.1) is 0 Å². The van der Waals surface area contributed by atoms with E-state index in [0.717, 1.165) is 10.6 Å². The topological polar surface area (TPSA) is 80.5 Å². The van der Waals surface area contributed by atoms with Crippen molar-refractivity contribution in [1.29, 1.82) is 0 Å². The molecule has 1 aromatic carbocycles. The van der Waals surface area contributed by atoms with Crippen molar-refractivity contribution >= 4 is 21.6 Å². The van der Waals surface area contributed by atoms with Crippen LogP contribution in [0.3, 0.4) is 0 Å². The Morgan fingerprint density at radius 3 is 2.24 bits per heavy atom. The number of rotatable bonds is 5. The van der Waals surface area contributed by atoms with Crippen molar-refractivity contribution in [2.45, 2.75) is 19.4 Å². The lowest BCUT2D eigenvalue weighted by molar-refractivity contribution is -0.119. The molecule has 0 aliphatic carbocycles. The van der Waals surface area contributed by atoms with E-state index < -0.39 is 22.0 Å². The molecule has 0 radical (unpaired) electrons. The molecule has 0 saturated carbocycles. The Labute approximate surface area is 101 Å². The van der Waals surface area contributed by atoms with E-state index in [4.69, 9.17) is 5.73 Å². The molecule has 5 nitrogen and oxygen atoms in total. The zero-order valence-corrected chi connectivity index (χ0v) is 10.6. The van der Waals surface area contributed by atoms with Crippen LogP contribution < -0.4 is 10.0 Å². The number of para-hydroxylation sites is 1. The monoisotopic (exact) mass is 256 g/mol. The molecule has 0 aromatic heterocycles. The van der Waals surface area contributed by atoms with Gasteiger partial charge < -0.3 is 5.73 Å². The summed E-state index contributed by atoms with van der Waals surface area (Å²) >= 11 is 0. The molecule has 2 N–H and O–H groups in total. The fraction of sp³-hybridized carbons (Fsp3) is 0.364. The number of benzene rings is 1. The van der Waals surface area contributed by atoms with E-state index in [-0.39, 0.29) is 0 Å². The first kappa shape index (κ1) is 13.5. The molecule has 0 fully saturated rings. The van der Waals surface area contributed by atoms with Crippen molar-refractivity contribution < 1.29 is 13.2 Å². The molecular weight excluding hydrogens is 240 g/mol. The standard InChI is InChI=1S/C11H16N2O3S/c1-3-10(11(12)14)13(17(2,15)16)9-7-5-4-6-8-9/h4-8,10H,3H2,1-2H3,(H2,12,14). The quantitative estimate of drug-likeness (QED) is 0.842. The molecule has 0 bridgehead atoms. The number of anilines is 1. The third-order valence-electron chi connectivity index (χ3n) is 2.37. The van der Waals surface area contributed by atoms with E-state index in [1.165, 1.54) is 0 Å². The second-order valence-electron chi connectivity index (χ2n) is 3.72. The summed E-state index contributed by atoms with van der Waals surface area (Å²) in [6.07, 6.45) is 1.39. The lowest BCUT2D eigenvalue weighted by atomic mass is 10.2. The van der Waals surface area contributed by atoms with Crippen molar-refractivity contribution in [2.24, 2.45) is 5.73 Å². The largest absolute Gasteiger partial charge is 0.368 e. The fourth-order valence-corrected chi connectivity index (χ4v) is 2.88. The molecule has 1 amide bonds. The number of primary amides is 1. The van der Waals surface area contributed by atoms with Crippen LogP contribution in [0.2, 0.25) is 0 Å². The van der Waals surface area contributed by atoms with Gasteiger partial charge in [0.2, 0.25) is 15.9 Å². The van der Waals surface area contributed by atoms with E-state index in [1.54, 1.807) is 37.3 Å². The highest BCUT2D eigenvalue weighted by Gasteiger charge is 2.29. The van der Waals surface area contributed by atoms with E-state index >= 15 is 0 Å². The second kappa shape index (κ2) is 5.18. The molecule has 0 spiro atoms. The minimum absolute atomic E-state index is 0.331. The summed E-state index contributed by atoms with van der Waals surface area (Å²) < 4.78 is 24.6. The van der Waals surface area contributed by atoms with Crippen LogP contribution in [-0.4, -0.2) is 26.6 Å². The maximum Gasteiger partial charge on any atom is 0.241 e. The number of carbonyl (C=O) groups is 1. The van der Waals surface area contributed by atoms with Gasteiger partial charge in [0, 0.05) is 0 Å². The van der Waals surface area contributed by atoms with E-state index in [9.17, 15) is 13.2 Å². The number of nitrogens with two attached hydrogens (primary N) is 1. The summed E-state index contributed by atoms with van der Waals surface area (Å²) in [5.41, 5.74) is 5.68. The second-order valence-corrected chi connectivity index (χ2v) is 5.58. The molecule has 6 heteroatoms. The minimum atomic E-state index is -3.54. The first-order valence-electron chi connectivity index (χ1n) is 5.21. The predicted octanol–water partition coefficient (Wildman–Crippen LogP) is 0.717. The summed E-state index contributed by atoms with van der Waals surface area (Å²) in [5, 5.41) is 0. The lowest BCUT2D eigenvalue weighted by Gasteiger charge is -2.28. The van der Waals surface area contributed by atoms with Gasteiger partial charge in [-0.2, -0.15) is 0 Å². The highest BCUT2D eigenvalue weighted by Crippen LogP contribution is 2.21. The molecule has 0 saturated heterocycles. The molecule has 1 unspecified atom stereocenters. The van der Waals surface area contributed by atoms with Crippen LogP contribution in [0.25, 0.3) is 0 Å². The van der Waals surface area contributed by atoms with Gasteiger partial charge in [0.25, 0.3) is 0 Å². The Morgan fingerprint density at radius 2 is 1.88 bits per heavy atom. The highest BCUT2D eigenvalue weighted by atomic mass is 32.2. The van der Waals surface area contributed by atoms with Gasteiger partial charge in [-0.05, 0) is 18.6 Å². The molecule has 1 aromatic rings. The van der Waals surface area contributed by atoms with Gasteiger partial charge in [-0.3, -0.25) is 9.10 Å². The SMILES string of the molecule is CCC(C(N)=O)N(c1ccccc1)S(C)(=O)=O. The highest BCUT2D eigenvalue weighted by molar-refractivity contribution is 7.92. The summed E-state index contributed by atoms with van der Waals surface area (Å²) in [5.74, 6) is -0.651. The number of hydrogen-bond acceptors (Lipinski definition) is 3. The number of sulfonamides is 1. The van der Waals surface area contributed by atoms with E-state index in [2.05, 4.69) is 0 Å². The van der Waals surface area contributed by atoms with Gasteiger partial charge >= 0.3 is 0 Å². The van der Waals surface area contributed by atoms with Gasteiger partial charge in [0.15, 0.2) is 0 Å². The summed E-state index contributed by atoms with van der Waals surface area (Å²) in [6, 6.07) is 7.60. The normalized spacial score (nSPS) is 13.1. The summed E-state index contributed by atoms with van der Waals surface area (Å²) in [6.45, 7) is 1.72. The molecule has 1 rings (SSSR count). The van der Waals surface area contributed by atoms with Gasteiger partial charge in [-0.1, -0.05) is 25.1 Å². The zero-order chi connectivity index (χ0) is 13.1. The zero-order valence-electron chi connectivity index (χ0n) is 9.83. The van der Waals surface area contributed by atoms with Gasteiger partial charge in [-0.25, -0.2) is 8.42 Å². The average Bonchev–Trinajstić information content (AvgIpc) is 2.24. The summed E-state index contributed by atoms with van der Waals surface area (Å²) in [4.78, 5) is 11.3. The first-order chi connectivity index (χ1) is 7.88. The Hall–Kier alpha value is -1.56. The van der Waals surface area contributed by atoms with Gasteiger partial charge in [0.1, 0.15) is 6.04 Å². The number of carbonyl (C=O) groups excluding carboxylic acids is 1. The first-order valence-corrected chi connectivity index (χ1v) is 7.06. The van der Waals surface area contributed by atoms with Crippen LogP contribution in [0.5, 0.6) is 0 Å². The van der Waals surface area contributed by atoms with Gasteiger partial charge in [-0.15, -0.1) is 0 Å². The van der Waals surface area contributed by atoms with E-state index in [0.29, 0.717) is 12.1 Å². The number of nitrogens with zero attached hydrogens (tertiary/aromatic N) is 1. The number of hydrogen-bond donors (Lipinski definition) is 1. The van der Waals surface area contributed by atoms with Crippen LogP contribution in [-0.2, 0) is 14.8 Å². The van der Waals surface area contributed by atoms with Gasteiger partial charge in [0.05, 0.1) is 11.9 Å². The van der Waals surface area contributed by atoms with Crippen LogP contribution in [0.1, 0.15) is 13.3 Å². The van der Waals surface area contributed by atoms with Crippen LogP contribution in [0.4, 0.5) is 5.69 Å². The third-order valence-corrected chi connectivity index (χ3v) is 3.55. The molecule has 0 aliphatic rings. The Balaban J connectivity index is 3.28. The van der Waals surface area contributed by atoms with Crippen LogP contribution >= 0.6 is 0 Å². The van der Waals surface area contributed by atoms with Crippen molar-refractivity contribution in [3.8, 4) is 0 Å². The maximum absolute atomic E-state index is 11.8. The summed E-state index contributed by atoms with van der Waals surface area (Å²) in [7, 11) is -3.54. The molecule has 0 aliphatic heterocycles. The molecule has 17 heavy (non-hydrogen) atoms. The fourth-order valence-electron chi connectivity index (χ4n) is 1.66. The smallest absolute Gasteiger partial charge is 0.241 e. The molecule has 0 heterocycles. The Morgan fingerprint density at radius 1 is 1.35 bits per heavy atom. The van der Waals surface area contributed by atoms with Crippen LogP contribution in [0.15, 0.2) is 30.3 Å². The van der Waals surface area contributed by atoms with Crippen molar-refractivity contribution in [3.63, 3.8) is 0 Å². The van der Waals surface area contributed by atoms with Crippen molar-refractivity contribution in [1.82, 2.24) is 0 Å². The van der Waals surface area contributed by atoms with Crippen molar-refractivity contribution in [2.75, 3.05) is 10.6 Å². The molecule has 94 valence electrons. The lowest BCUT2D eigenvalue weighted by Crippen LogP contribution is -2.47. The van der Waals surface area contributed by atoms with E-state index in [1.807, 2.05) is 0 Å². The molecular formula is C11H16N2O3S.